The van der Waals surface area contributed by atoms with Gasteiger partial charge in [0, 0.05) is 18.3 Å². The van der Waals surface area contributed by atoms with Gasteiger partial charge < -0.3 is 10.1 Å². The molecule has 1 N–H and O–H groups in total. The molecule has 3 heteroatoms. The van der Waals surface area contributed by atoms with Gasteiger partial charge in [-0.15, -0.1) is 0 Å². The van der Waals surface area contributed by atoms with E-state index in [1.165, 1.54) is 6.42 Å². The molecule has 0 unspecified atom stereocenters. The Balaban J connectivity index is 2.54. The molecule has 0 bridgehead atoms. The summed E-state index contributed by atoms with van der Waals surface area (Å²) in [4.78, 5) is 0. The number of hydrogen-bond donors (Lipinski definition) is 1. The van der Waals surface area contributed by atoms with Gasteiger partial charge in [-0.1, -0.05) is 13.8 Å². The van der Waals surface area contributed by atoms with E-state index < -0.39 is 0 Å². The largest absolute Gasteiger partial charge is 0.495 e. The Kier molecular flexibility index (Phi) is 4.95. The first-order valence-electron chi connectivity index (χ1n) is 5.21. The average molecular weight is 272 g/mol. The Hall–Kier alpha value is -0.700. The van der Waals surface area contributed by atoms with Gasteiger partial charge in [0.15, 0.2) is 0 Å². The molecule has 15 heavy (non-hydrogen) atoms. The molecule has 0 aliphatic heterocycles. The molecular formula is C12H18BrNO. The minimum Gasteiger partial charge on any atom is -0.495 e. The van der Waals surface area contributed by atoms with Crippen LogP contribution < -0.4 is 10.1 Å². The highest BCUT2D eigenvalue weighted by molar-refractivity contribution is 9.10. The molecule has 0 saturated carbocycles. The molecule has 0 amide bonds. The first-order valence-corrected chi connectivity index (χ1v) is 6.00. The summed E-state index contributed by atoms with van der Waals surface area (Å²) >= 11 is 3.43. The number of hydrogen-bond acceptors (Lipinski definition) is 2. The Morgan fingerprint density at radius 1 is 1.40 bits per heavy atom. The molecule has 1 aromatic rings. The number of rotatable bonds is 5. The molecule has 0 saturated heterocycles. The van der Waals surface area contributed by atoms with E-state index in [9.17, 15) is 0 Å². The predicted octanol–water partition coefficient (Wildman–Crippen LogP) is 3.92. The molecule has 0 spiro atoms. The molecule has 1 rings (SSSR count). The van der Waals surface area contributed by atoms with Crippen molar-refractivity contribution >= 4 is 21.6 Å². The van der Waals surface area contributed by atoms with Crippen LogP contribution in [0.15, 0.2) is 22.7 Å². The fourth-order valence-electron chi connectivity index (χ4n) is 1.27. The third kappa shape index (κ3) is 4.12. The zero-order chi connectivity index (χ0) is 11.3. The van der Waals surface area contributed by atoms with Crippen LogP contribution in [-0.2, 0) is 0 Å². The number of halogens is 1. The summed E-state index contributed by atoms with van der Waals surface area (Å²) < 4.78 is 6.21. The summed E-state index contributed by atoms with van der Waals surface area (Å²) in [6.45, 7) is 5.45. The second-order valence-electron chi connectivity index (χ2n) is 3.96. The first-order chi connectivity index (χ1) is 7.13. The fraction of sp³-hybridized carbons (Fsp3) is 0.500. The van der Waals surface area contributed by atoms with Crippen LogP contribution in [0.1, 0.15) is 20.3 Å². The minimum absolute atomic E-state index is 0.731. The summed E-state index contributed by atoms with van der Waals surface area (Å²) in [6, 6.07) is 6.05. The predicted molar refractivity (Wildman–Crippen MR) is 68.6 cm³/mol. The van der Waals surface area contributed by atoms with E-state index in [0.29, 0.717) is 0 Å². The summed E-state index contributed by atoms with van der Waals surface area (Å²) in [7, 11) is 1.68. The van der Waals surface area contributed by atoms with Crippen molar-refractivity contribution in [2.45, 2.75) is 20.3 Å². The SMILES string of the molecule is COc1cc(NCCC(C)C)ccc1Br. The fourth-order valence-corrected chi connectivity index (χ4v) is 1.68. The van der Waals surface area contributed by atoms with Crippen LogP contribution in [0.5, 0.6) is 5.75 Å². The Morgan fingerprint density at radius 3 is 2.73 bits per heavy atom. The van der Waals surface area contributed by atoms with Gasteiger partial charge in [-0.25, -0.2) is 0 Å². The molecule has 0 radical (unpaired) electrons. The molecule has 0 aromatic heterocycles. The molecule has 0 heterocycles. The van der Waals surface area contributed by atoms with Crippen LogP contribution in [0.25, 0.3) is 0 Å². The van der Waals surface area contributed by atoms with Crippen LogP contribution in [0.2, 0.25) is 0 Å². The van der Waals surface area contributed by atoms with Gasteiger partial charge in [0.05, 0.1) is 11.6 Å². The zero-order valence-corrected chi connectivity index (χ0v) is 11.1. The number of methoxy groups -OCH3 is 1. The average Bonchev–Trinajstić information content (AvgIpc) is 2.20. The summed E-state index contributed by atoms with van der Waals surface area (Å²) in [5, 5.41) is 3.38. The van der Waals surface area contributed by atoms with Crippen molar-refractivity contribution in [1.29, 1.82) is 0 Å². The Morgan fingerprint density at radius 2 is 2.13 bits per heavy atom. The molecule has 2 nitrogen and oxygen atoms in total. The second-order valence-corrected chi connectivity index (χ2v) is 4.81. The van der Waals surface area contributed by atoms with Crippen LogP contribution in [0.3, 0.4) is 0 Å². The van der Waals surface area contributed by atoms with Gasteiger partial charge in [0.25, 0.3) is 0 Å². The number of ether oxygens (including phenoxy) is 1. The van der Waals surface area contributed by atoms with Crippen LogP contribution in [0.4, 0.5) is 5.69 Å². The lowest BCUT2D eigenvalue weighted by atomic mass is 10.1. The van der Waals surface area contributed by atoms with E-state index in [1.54, 1.807) is 7.11 Å². The standard InChI is InChI=1S/C12H18BrNO/c1-9(2)6-7-14-10-4-5-11(13)12(8-10)15-3/h4-5,8-9,14H,6-7H2,1-3H3. The van der Waals surface area contributed by atoms with Crippen molar-refractivity contribution in [2.24, 2.45) is 5.92 Å². The van der Waals surface area contributed by atoms with Crippen molar-refractivity contribution in [3.63, 3.8) is 0 Å². The van der Waals surface area contributed by atoms with Gasteiger partial charge in [0.1, 0.15) is 5.75 Å². The molecular weight excluding hydrogens is 254 g/mol. The lowest BCUT2D eigenvalue weighted by Gasteiger charge is -2.10. The Bertz CT molecular complexity index is 312. The molecule has 0 aliphatic carbocycles. The van der Waals surface area contributed by atoms with Crippen molar-refractivity contribution < 1.29 is 4.74 Å². The second kappa shape index (κ2) is 6.01. The van der Waals surface area contributed by atoms with Gasteiger partial charge in [-0.05, 0) is 40.4 Å². The zero-order valence-electron chi connectivity index (χ0n) is 9.51. The molecule has 0 atom stereocenters. The van der Waals surface area contributed by atoms with Crippen LogP contribution >= 0.6 is 15.9 Å². The number of nitrogens with one attached hydrogen (secondary N) is 1. The van der Waals surface area contributed by atoms with Gasteiger partial charge in [0.2, 0.25) is 0 Å². The van der Waals surface area contributed by atoms with Crippen LogP contribution in [-0.4, -0.2) is 13.7 Å². The molecule has 0 aliphatic rings. The molecule has 84 valence electrons. The van der Waals surface area contributed by atoms with Crippen molar-refractivity contribution in [2.75, 3.05) is 19.0 Å². The smallest absolute Gasteiger partial charge is 0.135 e. The third-order valence-electron chi connectivity index (χ3n) is 2.20. The highest BCUT2D eigenvalue weighted by Crippen LogP contribution is 2.27. The van der Waals surface area contributed by atoms with E-state index in [1.807, 2.05) is 18.2 Å². The van der Waals surface area contributed by atoms with Crippen LogP contribution in [0, 0.1) is 5.92 Å². The minimum atomic E-state index is 0.731. The van der Waals surface area contributed by atoms with Crippen molar-refractivity contribution in [3.05, 3.63) is 22.7 Å². The van der Waals surface area contributed by atoms with Crippen molar-refractivity contribution in [1.82, 2.24) is 0 Å². The maximum atomic E-state index is 5.23. The summed E-state index contributed by atoms with van der Waals surface area (Å²) in [6.07, 6.45) is 1.18. The number of benzene rings is 1. The lowest BCUT2D eigenvalue weighted by Crippen LogP contribution is -2.04. The maximum absolute atomic E-state index is 5.23. The van der Waals surface area contributed by atoms with Gasteiger partial charge in [-0.3, -0.25) is 0 Å². The summed E-state index contributed by atoms with van der Waals surface area (Å²) in [5.74, 6) is 1.60. The van der Waals surface area contributed by atoms with E-state index >= 15 is 0 Å². The molecule has 0 fully saturated rings. The summed E-state index contributed by atoms with van der Waals surface area (Å²) in [5.41, 5.74) is 1.11. The lowest BCUT2D eigenvalue weighted by molar-refractivity contribution is 0.412. The van der Waals surface area contributed by atoms with E-state index in [2.05, 4.69) is 35.1 Å². The molecule has 1 aromatic carbocycles. The third-order valence-corrected chi connectivity index (χ3v) is 2.86. The van der Waals surface area contributed by atoms with Gasteiger partial charge in [-0.2, -0.15) is 0 Å². The Labute approximate surface area is 100 Å². The van der Waals surface area contributed by atoms with Crippen molar-refractivity contribution in [3.8, 4) is 5.75 Å². The first kappa shape index (κ1) is 12.4. The topological polar surface area (TPSA) is 21.3 Å². The van der Waals surface area contributed by atoms with E-state index in [-0.39, 0.29) is 0 Å². The maximum Gasteiger partial charge on any atom is 0.135 e. The number of anilines is 1. The quantitative estimate of drug-likeness (QED) is 0.877. The van der Waals surface area contributed by atoms with E-state index in [0.717, 1.165) is 28.4 Å². The highest BCUT2D eigenvalue weighted by Gasteiger charge is 2.01. The van der Waals surface area contributed by atoms with E-state index in [4.69, 9.17) is 4.74 Å². The highest BCUT2D eigenvalue weighted by atomic mass is 79.9. The normalized spacial score (nSPS) is 10.5. The monoisotopic (exact) mass is 271 g/mol. The van der Waals surface area contributed by atoms with Gasteiger partial charge >= 0.3 is 0 Å².